The zero-order chi connectivity index (χ0) is 18.1. The van der Waals surface area contributed by atoms with Gasteiger partial charge in [-0.25, -0.2) is 9.37 Å². The van der Waals surface area contributed by atoms with Crippen LogP contribution in [0.3, 0.4) is 0 Å². The van der Waals surface area contributed by atoms with E-state index >= 15 is 0 Å². The van der Waals surface area contributed by atoms with Gasteiger partial charge < -0.3 is 9.47 Å². The van der Waals surface area contributed by atoms with Crippen LogP contribution in [0, 0.1) is 12.7 Å². The van der Waals surface area contributed by atoms with Gasteiger partial charge in [-0.05, 0) is 36.8 Å². The van der Waals surface area contributed by atoms with Crippen molar-refractivity contribution in [3.05, 3.63) is 71.7 Å². The van der Waals surface area contributed by atoms with E-state index in [1.807, 2.05) is 24.5 Å². The summed E-state index contributed by atoms with van der Waals surface area (Å²) in [6.45, 7) is 3.43. The van der Waals surface area contributed by atoms with Crippen LogP contribution in [0.2, 0.25) is 0 Å². The van der Waals surface area contributed by atoms with Gasteiger partial charge in [0.15, 0.2) is 0 Å². The summed E-state index contributed by atoms with van der Waals surface area (Å²) >= 11 is 0. The number of hydrogen-bond acceptors (Lipinski definition) is 3. The number of nitrogens with zero attached hydrogens (tertiary/aromatic N) is 4. The van der Waals surface area contributed by atoms with Crippen molar-refractivity contribution in [1.82, 2.24) is 19.4 Å². The number of fused-ring (bicyclic) bond motifs is 1. The van der Waals surface area contributed by atoms with Crippen LogP contribution in [0.4, 0.5) is 4.39 Å². The fourth-order valence-corrected chi connectivity index (χ4v) is 3.39. The van der Waals surface area contributed by atoms with Crippen LogP contribution in [0.1, 0.15) is 21.7 Å². The molecule has 1 amide bonds. The molecule has 1 aromatic carbocycles. The number of imidazole rings is 1. The minimum absolute atomic E-state index is 0.129. The number of rotatable bonds is 2. The van der Waals surface area contributed by atoms with Gasteiger partial charge in [-0.3, -0.25) is 9.78 Å². The first-order chi connectivity index (χ1) is 12.6. The number of pyridine rings is 1. The monoisotopic (exact) mass is 350 g/mol. The van der Waals surface area contributed by atoms with Crippen LogP contribution in [-0.2, 0) is 13.0 Å². The summed E-state index contributed by atoms with van der Waals surface area (Å²) < 4.78 is 15.9. The minimum Gasteiger partial charge on any atom is -0.336 e. The first-order valence-corrected chi connectivity index (χ1v) is 8.64. The topological polar surface area (TPSA) is 51.0 Å². The summed E-state index contributed by atoms with van der Waals surface area (Å²) in [5.74, 6) is 0.475. The van der Waals surface area contributed by atoms with Crippen LogP contribution in [0.25, 0.3) is 11.3 Å². The Morgan fingerprint density at radius 3 is 2.81 bits per heavy atom. The molecule has 0 bridgehead atoms. The van der Waals surface area contributed by atoms with Crippen molar-refractivity contribution in [3.63, 3.8) is 0 Å². The number of carbonyl (C=O) groups excluding carboxylic acids is 1. The molecule has 0 fully saturated rings. The minimum atomic E-state index is -0.350. The zero-order valence-electron chi connectivity index (χ0n) is 14.5. The summed E-state index contributed by atoms with van der Waals surface area (Å²) in [7, 11) is 0. The molecule has 5 nitrogen and oxygen atoms in total. The van der Waals surface area contributed by atoms with Crippen molar-refractivity contribution >= 4 is 5.91 Å². The lowest BCUT2D eigenvalue weighted by Crippen LogP contribution is -2.34. The molecule has 0 aliphatic carbocycles. The fraction of sp³-hybridized carbons (Fsp3) is 0.250. The third kappa shape index (κ3) is 2.87. The summed E-state index contributed by atoms with van der Waals surface area (Å²) in [5.41, 5.74) is 2.84. The Kier molecular flexibility index (Phi) is 4.24. The SMILES string of the molecule is Cc1c(F)cccc1C(=O)N1CCc2ncc(-c3cccnc3)n2CC1. The zero-order valence-corrected chi connectivity index (χ0v) is 14.5. The second-order valence-corrected chi connectivity index (χ2v) is 6.41. The molecule has 0 atom stereocenters. The number of hydrogen-bond donors (Lipinski definition) is 0. The van der Waals surface area contributed by atoms with Gasteiger partial charge in [0.25, 0.3) is 5.91 Å². The molecule has 26 heavy (non-hydrogen) atoms. The van der Waals surface area contributed by atoms with Crippen LogP contribution in [0.15, 0.2) is 48.9 Å². The quantitative estimate of drug-likeness (QED) is 0.714. The summed E-state index contributed by atoms with van der Waals surface area (Å²) in [5, 5.41) is 0. The molecule has 4 rings (SSSR count). The number of amides is 1. The van der Waals surface area contributed by atoms with Gasteiger partial charge in [-0.2, -0.15) is 0 Å². The van der Waals surface area contributed by atoms with E-state index in [9.17, 15) is 9.18 Å². The average molecular weight is 350 g/mol. The van der Waals surface area contributed by atoms with Crippen molar-refractivity contribution < 1.29 is 9.18 Å². The maximum absolute atomic E-state index is 13.8. The molecule has 3 heterocycles. The van der Waals surface area contributed by atoms with E-state index in [0.717, 1.165) is 17.1 Å². The van der Waals surface area contributed by atoms with E-state index in [1.165, 1.54) is 6.07 Å². The highest BCUT2D eigenvalue weighted by Crippen LogP contribution is 2.23. The van der Waals surface area contributed by atoms with E-state index < -0.39 is 0 Å². The molecular formula is C20H19FN4O. The van der Waals surface area contributed by atoms with Crippen molar-refractivity contribution in [1.29, 1.82) is 0 Å². The molecule has 0 spiro atoms. The molecular weight excluding hydrogens is 331 g/mol. The molecule has 0 unspecified atom stereocenters. The van der Waals surface area contributed by atoms with Gasteiger partial charge in [0, 0.05) is 49.6 Å². The second-order valence-electron chi connectivity index (χ2n) is 6.41. The van der Waals surface area contributed by atoms with Gasteiger partial charge in [0.2, 0.25) is 0 Å². The largest absolute Gasteiger partial charge is 0.336 e. The van der Waals surface area contributed by atoms with Gasteiger partial charge in [-0.15, -0.1) is 0 Å². The smallest absolute Gasteiger partial charge is 0.254 e. The van der Waals surface area contributed by atoms with Crippen LogP contribution < -0.4 is 0 Å². The number of aromatic nitrogens is 3. The van der Waals surface area contributed by atoms with Crippen LogP contribution in [0.5, 0.6) is 0 Å². The van der Waals surface area contributed by atoms with E-state index in [0.29, 0.717) is 37.2 Å². The lowest BCUT2D eigenvalue weighted by Gasteiger charge is -2.21. The van der Waals surface area contributed by atoms with Crippen molar-refractivity contribution in [3.8, 4) is 11.3 Å². The molecule has 6 heteroatoms. The van der Waals surface area contributed by atoms with E-state index in [-0.39, 0.29) is 11.7 Å². The molecule has 2 aromatic heterocycles. The first-order valence-electron chi connectivity index (χ1n) is 8.64. The summed E-state index contributed by atoms with van der Waals surface area (Å²) in [6, 6.07) is 8.55. The van der Waals surface area contributed by atoms with Crippen molar-refractivity contribution in [2.75, 3.05) is 13.1 Å². The highest BCUT2D eigenvalue weighted by atomic mass is 19.1. The molecule has 0 saturated carbocycles. The van der Waals surface area contributed by atoms with E-state index in [1.54, 1.807) is 30.2 Å². The Labute approximate surface area is 151 Å². The normalized spacial score (nSPS) is 14.0. The van der Waals surface area contributed by atoms with Crippen LogP contribution in [-0.4, -0.2) is 38.4 Å². The predicted molar refractivity (Wildman–Crippen MR) is 96.2 cm³/mol. The highest BCUT2D eigenvalue weighted by molar-refractivity contribution is 5.95. The first kappa shape index (κ1) is 16.4. The third-order valence-corrected chi connectivity index (χ3v) is 4.88. The Morgan fingerprint density at radius 1 is 1.12 bits per heavy atom. The molecule has 0 radical (unpaired) electrons. The molecule has 1 aliphatic rings. The molecule has 3 aromatic rings. The standard InChI is InChI=1S/C20H19FN4O/c1-14-16(5-2-6-17(14)21)20(26)24-9-7-19-23-13-18(25(19)11-10-24)15-4-3-8-22-12-15/h2-6,8,12-13H,7,9-11H2,1H3. The fourth-order valence-electron chi connectivity index (χ4n) is 3.39. The third-order valence-electron chi connectivity index (χ3n) is 4.88. The van der Waals surface area contributed by atoms with Crippen molar-refractivity contribution in [2.45, 2.75) is 19.9 Å². The highest BCUT2D eigenvalue weighted by Gasteiger charge is 2.23. The predicted octanol–water partition coefficient (Wildman–Crippen LogP) is 3.09. The van der Waals surface area contributed by atoms with Crippen molar-refractivity contribution in [2.24, 2.45) is 0 Å². The van der Waals surface area contributed by atoms with Gasteiger partial charge in [0.05, 0.1) is 11.9 Å². The average Bonchev–Trinajstić information content (AvgIpc) is 2.95. The number of carbonyl (C=O) groups is 1. The number of halogens is 1. The molecule has 1 aliphatic heterocycles. The lowest BCUT2D eigenvalue weighted by atomic mass is 10.1. The van der Waals surface area contributed by atoms with Gasteiger partial charge in [0.1, 0.15) is 11.6 Å². The Morgan fingerprint density at radius 2 is 2.00 bits per heavy atom. The second kappa shape index (κ2) is 6.71. The maximum atomic E-state index is 13.8. The maximum Gasteiger partial charge on any atom is 0.254 e. The summed E-state index contributed by atoms with van der Waals surface area (Å²) in [4.78, 5) is 23.4. The Hall–Kier alpha value is -3.02. The van der Waals surface area contributed by atoms with Gasteiger partial charge >= 0.3 is 0 Å². The Balaban J connectivity index is 1.58. The van der Waals surface area contributed by atoms with Crippen LogP contribution >= 0.6 is 0 Å². The Bertz CT molecular complexity index is 952. The lowest BCUT2D eigenvalue weighted by molar-refractivity contribution is 0.0758. The van der Waals surface area contributed by atoms with E-state index in [2.05, 4.69) is 14.5 Å². The molecule has 0 saturated heterocycles. The number of benzene rings is 1. The summed E-state index contributed by atoms with van der Waals surface area (Å²) in [6.07, 6.45) is 6.08. The molecule has 132 valence electrons. The van der Waals surface area contributed by atoms with Gasteiger partial charge in [-0.1, -0.05) is 6.07 Å². The molecule has 0 N–H and O–H groups in total. The van der Waals surface area contributed by atoms with E-state index in [4.69, 9.17) is 0 Å².